The highest BCUT2D eigenvalue weighted by Crippen LogP contribution is 2.23. The monoisotopic (exact) mass is 344 g/mol. The van der Waals surface area contributed by atoms with E-state index in [1.54, 1.807) is 0 Å². The summed E-state index contributed by atoms with van der Waals surface area (Å²) in [6.45, 7) is 2.47. The molecule has 0 saturated carbocycles. The van der Waals surface area contributed by atoms with Crippen molar-refractivity contribution >= 4 is 31.9 Å². The molecule has 0 N–H and O–H groups in total. The van der Waals surface area contributed by atoms with Crippen LogP contribution in [0.15, 0.2) is 43.9 Å². The SMILES string of the molecule is Cc1cc(OCc2ccc(Br)o2)ccc1Br. The topological polar surface area (TPSA) is 22.4 Å². The predicted octanol–water partition coefficient (Wildman–Crippen LogP) is 4.69. The lowest BCUT2D eigenvalue weighted by Crippen LogP contribution is -1.93. The van der Waals surface area contributed by atoms with Crippen molar-refractivity contribution < 1.29 is 9.15 Å². The molecule has 0 spiro atoms. The van der Waals surface area contributed by atoms with Crippen molar-refractivity contribution in [2.24, 2.45) is 0 Å². The number of aryl methyl sites for hydroxylation is 1. The van der Waals surface area contributed by atoms with Gasteiger partial charge in [-0.3, -0.25) is 0 Å². The molecule has 0 radical (unpaired) electrons. The van der Waals surface area contributed by atoms with Crippen molar-refractivity contribution in [2.45, 2.75) is 13.5 Å². The summed E-state index contributed by atoms with van der Waals surface area (Å²) in [7, 11) is 0. The van der Waals surface area contributed by atoms with Gasteiger partial charge in [0.1, 0.15) is 18.1 Å². The maximum absolute atomic E-state index is 5.61. The molecule has 0 saturated heterocycles. The standard InChI is InChI=1S/C12H10Br2O2/c1-8-6-9(2-4-11(8)13)15-7-10-3-5-12(14)16-10/h2-6H,7H2,1H3. The van der Waals surface area contributed by atoms with Gasteiger partial charge in [0.15, 0.2) is 4.67 Å². The largest absolute Gasteiger partial charge is 0.486 e. The van der Waals surface area contributed by atoms with Crippen molar-refractivity contribution in [3.63, 3.8) is 0 Å². The Hall–Kier alpha value is -0.740. The van der Waals surface area contributed by atoms with Crippen LogP contribution in [-0.4, -0.2) is 0 Å². The third kappa shape index (κ3) is 2.89. The first kappa shape index (κ1) is 11.7. The number of hydrogen-bond acceptors (Lipinski definition) is 2. The zero-order valence-corrected chi connectivity index (χ0v) is 11.8. The van der Waals surface area contributed by atoms with Crippen LogP contribution in [-0.2, 0) is 6.61 Å². The Morgan fingerprint density at radius 2 is 2.00 bits per heavy atom. The number of furan rings is 1. The minimum Gasteiger partial charge on any atom is -0.486 e. The summed E-state index contributed by atoms with van der Waals surface area (Å²) in [5, 5.41) is 0. The number of ether oxygens (including phenoxy) is 1. The van der Waals surface area contributed by atoms with Gasteiger partial charge in [-0.25, -0.2) is 0 Å². The summed E-state index contributed by atoms with van der Waals surface area (Å²) in [5.41, 5.74) is 1.15. The molecule has 84 valence electrons. The zero-order valence-electron chi connectivity index (χ0n) is 8.67. The van der Waals surface area contributed by atoms with E-state index in [4.69, 9.17) is 9.15 Å². The highest BCUT2D eigenvalue weighted by Gasteiger charge is 2.02. The lowest BCUT2D eigenvalue weighted by atomic mass is 10.2. The number of rotatable bonds is 3. The molecule has 4 heteroatoms. The van der Waals surface area contributed by atoms with Crippen LogP contribution in [0.4, 0.5) is 0 Å². The van der Waals surface area contributed by atoms with Crippen molar-refractivity contribution in [1.82, 2.24) is 0 Å². The summed E-state index contributed by atoms with van der Waals surface area (Å²) >= 11 is 6.70. The fraction of sp³-hybridized carbons (Fsp3) is 0.167. The van der Waals surface area contributed by atoms with E-state index >= 15 is 0 Å². The van der Waals surface area contributed by atoms with Gasteiger partial charge >= 0.3 is 0 Å². The van der Waals surface area contributed by atoms with Crippen LogP contribution < -0.4 is 4.74 Å². The summed E-state index contributed by atoms with van der Waals surface area (Å²) in [6, 6.07) is 9.63. The molecule has 2 rings (SSSR count). The fourth-order valence-corrected chi connectivity index (χ4v) is 1.88. The van der Waals surface area contributed by atoms with Gasteiger partial charge < -0.3 is 9.15 Å². The van der Waals surface area contributed by atoms with Gasteiger partial charge in [0.2, 0.25) is 0 Å². The summed E-state index contributed by atoms with van der Waals surface area (Å²) < 4.78 is 12.8. The van der Waals surface area contributed by atoms with Crippen molar-refractivity contribution in [3.05, 3.63) is 50.8 Å². The lowest BCUT2D eigenvalue weighted by Gasteiger charge is -2.05. The Bertz CT molecular complexity index is 492. The molecule has 2 nitrogen and oxygen atoms in total. The van der Waals surface area contributed by atoms with E-state index in [0.717, 1.165) is 26.2 Å². The first-order chi connectivity index (χ1) is 7.65. The average Bonchev–Trinajstić information content (AvgIpc) is 2.66. The van der Waals surface area contributed by atoms with Crippen LogP contribution in [0.2, 0.25) is 0 Å². The second kappa shape index (κ2) is 5.06. The first-order valence-corrected chi connectivity index (χ1v) is 6.37. The fourth-order valence-electron chi connectivity index (χ4n) is 1.29. The van der Waals surface area contributed by atoms with Crippen LogP contribution in [0.5, 0.6) is 5.75 Å². The molecule has 1 aromatic heterocycles. The van der Waals surface area contributed by atoms with Crippen LogP contribution in [0.1, 0.15) is 11.3 Å². The van der Waals surface area contributed by atoms with E-state index < -0.39 is 0 Å². The van der Waals surface area contributed by atoms with Gasteiger partial charge in [0, 0.05) is 4.47 Å². The number of halogens is 2. The third-order valence-corrected chi connectivity index (χ3v) is 3.46. The molecule has 0 amide bonds. The molecule has 1 aromatic carbocycles. The minimum atomic E-state index is 0.437. The van der Waals surface area contributed by atoms with Crippen LogP contribution in [0.3, 0.4) is 0 Å². The smallest absolute Gasteiger partial charge is 0.169 e. The van der Waals surface area contributed by atoms with Gasteiger partial charge in [-0.2, -0.15) is 0 Å². The highest BCUT2D eigenvalue weighted by molar-refractivity contribution is 9.10. The maximum Gasteiger partial charge on any atom is 0.169 e. The van der Waals surface area contributed by atoms with Gasteiger partial charge in [-0.05, 0) is 58.7 Å². The quantitative estimate of drug-likeness (QED) is 0.805. The molecule has 0 aliphatic rings. The molecule has 0 atom stereocenters. The summed E-state index contributed by atoms with van der Waals surface area (Å²) in [4.78, 5) is 0. The Kier molecular flexibility index (Phi) is 3.71. The second-order valence-electron chi connectivity index (χ2n) is 3.41. The van der Waals surface area contributed by atoms with Gasteiger partial charge in [-0.1, -0.05) is 15.9 Å². The molecule has 0 aliphatic heterocycles. The summed E-state index contributed by atoms with van der Waals surface area (Å²) in [5.74, 6) is 1.64. The first-order valence-electron chi connectivity index (χ1n) is 4.78. The third-order valence-electron chi connectivity index (χ3n) is 2.14. The highest BCUT2D eigenvalue weighted by atomic mass is 79.9. The van der Waals surface area contributed by atoms with Gasteiger partial charge in [-0.15, -0.1) is 0 Å². The Morgan fingerprint density at radius 1 is 1.19 bits per heavy atom. The van der Waals surface area contributed by atoms with Crippen molar-refractivity contribution in [3.8, 4) is 5.75 Å². The van der Waals surface area contributed by atoms with Crippen LogP contribution >= 0.6 is 31.9 Å². The molecule has 0 fully saturated rings. The minimum absolute atomic E-state index is 0.437. The molecule has 0 aliphatic carbocycles. The van der Waals surface area contributed by atoms with E-state index in [2.05, 4.69) is 31.9 Å². The summed E-state index contributed by atoms with van der Waals surface area (Å²) in [6.07, 6.45) is 0. The molecular weight excluding hydrogens is 336 g/mol. The van der Waals surface area contributed by atoms with Gasteiger partial charge in [0.05, 0.1) is 0 Å². The van der Waals surface area contributed by atoms with Gasteiger partial charge in [0.25, 0.3) is 0 Å². The molecule has 0 bridgehead atoms. The average molecular weight is 346 g/mol. The number of benzene rings is 1. The number of hydrogen-bond donors (Lipinski definition) is 0. The Balaban J connectivity index is 2.02. The van der Waals surface area contributed by atoms with Crippen LogP contribution in [0, 0.1) is 6.92 Å². The molecular formula is C12H10Br2O2. The van der Waals surface area contributed by atoms with Crippen LogP contribution in [0.25, 0.3) is 0 Å². The lowest BCUT2D eigenvalue weighted by molar-refractivity contribution is 0.267. The second-order valence-corrected chi connectivity index (χ2v) is 5.04. The molecule has 2 aromatic rings. The van der Waals surface area contributed by atoms with Crippen molar-refractivity contribution in [1.29, 1.82) is 0 Å². The maximum atomic E-state index is 5.61. The molecule has 0 unspecified atom stereocenters. The van der Waals surface area contributed by atoms with E-state index in [9.17, 15) is 0 Å². The molecule has 1 heterocycles. The Labute approximate surface area is 111 Å². The van der Waals surface area contributed by atoms with E-state index in [0.29, 0.717) is 6.61 Å². The predicted molar refractivity (Wildman–Crippen MR) is 69.6 cm³/mol. The Morgan fingerprint density at radius 3 is 2.62 bits per heavy atom. The molecule has 16 heavy (non-hydrogen) atoms. The normalized spacial score (nSPS) is 10.4. The van der Waals surface area contributed by atoms with E-state index in [1.165, 1.54) is 0 Å². The van der Waals surface area contributed by atoms with E-state index in [1.807, 2.05) is 37.3 Å². The van der Waals surface area contributed by atoms with Crippen molar-refractivity contribution in [2.75, 3.05) is 0 Å². The zero-order chi connectivity index (χ0) is 11.5. The van der Waals surface area contributed by atoms with E-state index in [-0.39, 0.29) is 0 Å².